The summed E-state index contributed by atoms with van der Waals surface area (Å²) in [7, 11) is -5.26. The largest absolute Gasteiger partial charge is 2.00 e. The molecule has 0 aliphatic carbocycles. The number of unbranched alkanes of at least 4 members (excludes halogenated alkanes) is 10. The summed E-state index contributed by atoms with van der Waals surface area (Å²) >= 11 is 0. The van der Waals surface area contributed by atoms with E-state index in [-0.39, 0.29) is 37.7 Å². The first-order valence-electron chi connectivity index (χ1n) is 9.09. The van der Waals surface area contributed by atoms with E-state index in [9.17, 15) is 18.9 Å². The van der Waals surface area contributed by atoms with Gasteiger partial charge < -0.3 is 9.79 Å². The van der Waals surface area contributed by atoms with Crippen LogP contribution in [0.2, 0.25) is 0 Å². The normalized spacial score (nSPS) is 11.2. The number of hydrogen-bond donors (Lipinski definition) is 0. The quantitative estimate of drug-likeness (QED) is 0.207. The Morgan fingerprint density at radius 2 is 0.880 bits per heavy atom. The topological polar surface area (TPSA) is 98.7 Å². The third kappa shape index (κ3) is 36.9. The van der Waals surface area contributed by atoms with Crippen molar-refractivity contribution in [1.29, 1.82) is 0 Å². The van der Waals surface area contributed by atoms with Crippen molar-refractivity contribution >= 4 is 54.2 Å². The molecule has 2 atom stereocenters. The van der Waals surface area contributed by atoms with Crippen molar-refractivity contribution in [3.63, 3.8) is 0 Å². The van der Waals surface area contributed by atoms with Crippen molar-refractivity contribution in [3.05, 3.63) is 0 Å². The summed E-state index contributed by atoms with van der Waals surface area (Å²) in [4.78, 5) is 19.9. The van der Waals surface area contributed by atoms with Crippen LogP contribution in [0.5, 0.6) is 0 Å². The van der Waals surface area contributed by atoms with Crippen molar-refractivity contribution in [1.82, 2.24) is 0 Å². The van der Waals surface area contributed by atoms with Gasteiger partial charge in [0, 0.05) is 0 Å². The van der Waals surface area contributed by atoms with Gasteiger partial charge in [0.05, 0.1) is 0 Å². The standard InChI is InChI=1S/2C8H17O3P.Ca/c2*1-2-3-4-5-6-7-8-11-12(9)10;/h2*2-8H2,1H3;/q;;+2. The molecule has 25 heavy (non-hydrogen) atoms. The van der Waals surface area contributed by atoms with Crippen LogP contribution in [0.1, 0.15) is 90.9 Å². The second-order valence-electron chi connectivity index (χ2n) is 5.65. The van der Waals surface area contributed by atoms with Gasteiger partial charge in [0.15, 0.2) is 0 Å². The third-order valence-electron chi connectivity index (χ3n) is 3.39. The van der Waals surface area contributed by atoms with E-state index in [1.54, 1.807) is 0 Å². The third-order valence-corrected chi connectivity index (χ3v) is 4.18. The molecule has 9 heteroatoms. The van der Waals surface area contributed by atoms with Crippen LogP contribution in [-0.4, -0.2) is 51.0 Å². The van der Waals surface area contributed by atoms with Crippen molar-refractivity contribution in [2.75, 3.05) is 13.2 Å². The van der Waals surface area contributed by atoms with Gasteiger partial charge in [-0.2, -0.15) is 0 Å². The van der Waals surface area contributed by atoms with E-state index in [1.807, 2.05) is 0 Å². The maximum Gasteiger partial charge on any atom is 2.00 e. The van der Waals surface area contributed by atoms with Gasteiger partial charge in [-0.1, -0.05) is 78.1 Å². The van der Waals surface area contributed by atoms with Gasteiger partial charge in [0.25, 0.3) is 0 Å². The fourth-order valence-electron chi connectivity index (χ4n) is 2.04. The Kier molecular flexibility index (Phi) is 34.1. The van der Waals surface area contributed by atoms with E-state index >= 15 is 0 Å². The molecule has 144 valence electrons. The van der Waals surface area contributed by atoms with Crippen molar-refractivity contribution < 1.29 is 28.0 Å². The van der Waals surface area contributed by atoms with E-state index in [0.29, 0.717) is 13.2 Å². The minimum Gasteiger partial charge on any atom is -0.566 e. The maximum absolute atomic E-state index is 9.95. The minimum absolute atomic E-state index is 0. The predicted molar refractivity (Wildman–Crippen MR) is 99.6 cm³/mol. The second-order valence-corrected chi connectivity index (χ2v) is 7.06. The Balaban J connectivity index is -0.000000372. The molecule has 0 aliphatic rings. The van der Waals surface area contributed by atoms with Crippen LogP contribution in [-0.2, 0) is 18.2 Å². The van der Waals surface area contributed by atoms with Gasteiger partial charge in [-0.05, 0) is 22.0 Å². The van der Waals surface area contributed by atoms with Crippen molar-refractivity contribution in [3.8, 4) is 0 Å². The van der Waals surface area contributed by atoms with E-state index in [4.69, 9.17) is 0 Å². The summed E-state index contributed by atoms with van der Waals surface area (Å²) in [5, 5.41) is 0. The molecule has 6 nitrogen and oxygen atoms in total. The first kappa shape index (κ1) is 31.0. The van der Waals surface area contributed by atoms with E-state index in [1.165, 1.54) is 51.4 Å². The summed E-state index contributed by atoms with van der Waals surface area (Å²) < 4.78 is 28.7. The zero-order chi connectivity index (χ0) is 18.5. The van der Waals surface area contributed by atoms with Crippen LogP contribution in [0.4, 0.5) is 0 Å². The van der Waals surface area contributed by atoms with Gasteiger partial charge in [0.1, 0.15) is 13.2 Å². The molecule has 0 saturated carbocycles. The Hall–Kier alpha value is 1.30. The van der Waals surface area contributed by atoms with E-state index in [2.05, 4.69) is 22.9 Å². The second kappa shape index (κ2) is 27.5. The zero-order valence-corrected chi connectivity index (χ0v) is 19.9. The molecule has 2 unspecified atom stereocenters. The Morgan fingerprint density at radius 3 is 1.16 bits per heavy atom. The summed E-state index contributed by atoms with van der Waals surface area (Å²) in [6.45, 7) is 5.05. The molecule has 0 fully saturated rings. The maximum atomic E-state index is 9.95. The molecule has 0 spiro atoms. The van der Waals surface area contributed by atoms with Gasteiger partial charge >= 0.3 is 54.2 Å². The fourth-order valence-corrected chi connectivity index (χ4v) is 2.60. The monoisotopic (exact) mass is 424 g/mol. The van der Waals surface area contributed by atoms with Gasteiger partial charge in [-0.25, -0.2) is 0 Å². The van der Waals surface area contributed by atoms with Gasteiger partial charge in [-0.3, -0.25) is 0 Å². The summed E-state index contributed by atoms with van der Waals surface area (Å²) in [6.07, 6.45) is 13.8. The van der Waals surface area contributed by atoms with Crippen LogP contribution in [0.15, 0.2) is 0 Å². The Bertz CT molecular complexity index is 268. The van der Waals surface area contributed by atoms with Crippen LogP contribution >= 0.6 is 16.5 Å². The molecule has 0 bridgehead atoms. The number of hydrogen-bond acceptors (Lipinski definition) is 6. The van der Waals surface area contributed by atoms with Crippen LogP contribution in [0, 0.1) is 0 Å². The first-order valence-corrected chi connectivity index (χ1v) is 11.3. The molecular weight excluding hydrogens is 390 g/mol. The van der Waals surface area contributed by atoms with Crippen LogP contribution in [0.3, 0.4) is 0 Å². The SMILES string of the molecule is CCCCCCCCO[P+](=O)[O-].CCCCCCCCO[P+](=O)[O-].[Ca+2]. The molecule has 0 aromatic rings. The average Bonchev–Trinajstić information content (AvgIpc) is 2.53. The summed E-state index contributed by atoms with van der Waals surface area (Å²) in [5.74, 6) is 0. The molecule has 0 aliphatic heterocycles. The number of rotatable bonds is 16. The molecule has 0 N–H and O–H groups in total. The Labute approximate surface area is 185 Å². The van der Waals surface area contributed by atoms with Gasteiger partial charge in [-0.15, -0.1) is 9.05 Å². The van der Waals surface area contributed by atoms with Crippen molar-refractivity contribution in [2.45, 2.75) is 90.9 Å². The van der Waals surface area contributed by atoms with Gasteiger partial charge in [0.2, 0.25) is 0 Å². The molecule has 0 amide bonds. The zero-order valence-electron chi connectivity index (χ0n) is 16.0. The summed E-state index contributed by atoms with van der Waals surface area (Å²) in [5.41, 5.74) is 0. The van der Waals surface area contributed by atoms with E-state index < -0.39 is 16.5 Å². The molecule has 0 rings (SSSR count). The fraction of sp³-hybridized carbons (Fsp3) is 1.00. The van der Waals surface area contributed by atoms with Crippen LogP contribution < -0.4 is 9.79 Å². The Morgan fingerprint density at radius 1 is 0.600 bits per heavy atom. The predicted octanol–water partition coefficient (Wildman–Crippen LogP) is 4.38. The first-order chi connectivity index (χ1) is 11.5. The average molecular weight is 424 g/mol. The summed E-state index contributed by atoms with van der Waals surface area (Å²) in [6, 6.07) is 0. The van der Waals surface area contributed by atoms with Crippen molar-refractivity contribution in [2.24, 2.45) is 0 Å². The molecule has 0 aromatic carbocycles. The van der Waals surface area contributed by atoms with Crippen LogP contribution in [0.25, 0.3) is 0 Å². The smallest absolute Gasteiger partial charge is 0.566 e. The molecule has 0 saturated heterocycles. The molecule has 0 aromatic heterocycles. The molecule has 0 radical (unpaired) electrons. The minimum atomic E-state index is -2.63. The molecular formula is C16H34CaO6P2+2. The molecule has 0 heterocycles. The van der Waals surface area contributed by atoms with E-state index in [0.717, 1.165) is 25.7 Å².